The van der Waals surface area contributed by atoms with Crippen molar-refractivity contribution in [1.82, 2.24) is 10.2 Å². The Balaban J connectivity index is 2.51. The number of hydrogen-bond donors (Lipinski definition) is 1. The van der Waals surface area contributed by atoms with Gasteiger partial charge in [0.1, 0.15) is 6.04 Å². The van der Waals surface area contributed by atoms with Gasteiger partial charge in [0.2, 0.25) is 0 Å². The highest BCUT2D eigenvalue weighted by Crippen LogP contribution is 2.20. The van der Waals surface area contributed by atoms with Gasteiger partial charge in [0, 0.05) is 32.3 Å². The van der Waals surface area contributed by atoms with E-state index in [0.29, 0.717) is 12.1 Å². The number of carbonyl (C=O) groups excluding carboxylic acids is 1. The number of esters is 1. The van der Waals surface area contributed by atoms with Gasteiger partial charge in [-0.15, -0.1) is 0 Å². The van der Waals surface area contributed by atoms with E-state index in [-0.39, 0.29) is 12.0 Å². The van der Waals surface area contributed by atoms with Crippen LogP contribution in [0, 0.1) is 0 Å². The Morgan fingerprint density at radius 2 is 1.90 bits per heavy atom. The first-order valence-corrected chi connectivity index (χ1v) is 8.23. The second-order valence-corrected chi connectivity index (χ2v) is 5.80. The van der Waals surface area contributed by atoms with Crippen LogP contribution in [0.3, 0.4) is 0 Å². The Hall–Kier alpha value is -0.650. The fraction of sp³-hybridized carbons (Fsp3) is 0.938. The van der Waals surface area contributed by atoms with Crippen molar-refractivity contribution < 1.29 is 14.3 Å². The SMILES string of the molecule is CCC(CC)N(CCOC)CCC(NC1CC1)C(=O)OC. The molecule has 1 rings (SSSR count). The number of ether oxygens (including phenoxy) is 2. The van der Waals surface area contributed by atoms with Crippen molar-refractivity contribution in [3.05, 3.63) is 0 Å². The topological polar surface area (TPSA) is 50.8 Å². The van der Waals surface area contributed by atoms with Gasteiger partial charge >= 0.3 is 5.97 Å². The predicted molar refractivity (Wildman–Crippen MR) is 84.4 cm³/mol. The Labute approximate surface area is 129 Å². The maximum atomic E-state index is 11.9. The Morgan fingerprint density at radius 3 is 2.38 bits per heavy atom. The standard InChI is InChI=1S/C16H32N2O3/c1-5-14(6-2)18(11-12-20-3)10-9-15(16(19)21-4)17-13-7-8-13/h13-15,17H,5-12H2,1-4H3. The number of methoxy groups -OCH3 is 2. The van der Waals surface area contributed by atoms with Crippen LogP contribution in [-0.4, -0.2) is 62.9 Å². The van der Waals surface area contributed by atoms with Crippen LogP contribution in [0.15, 0.2) is 0 Å². The first-order chi connectivity index (χ1) is 10.2. The summed E-state index contributed by atoms with van der Waals surface area (Å²) in [6, 6.07) is 0.885. The molecule has 21 heavy (non-hydrogen) atoms. The van der Waals surface area contributed by atoms with Crippen molar-refractivity contribution in [2.45, 2.75) is 64.1 Å². The van der Waals surface area contributed by atoms with Crippen LogP contribution >= 0.6 is 0 Å². The van der Waals surface area contributed by atoms with Gasteiger partial charge in [0.15, 0.2) is 0 Å². The molecule has 0 heterocycles. The van der Waals surface area contributed by atoms with Gasteiger partial charge in [-0.25, -0.2) is 0 Å². The Morgan fingerprint density at radius 1 is 1.24 bits per heavy atom. The van der Waals surface area contributed by atoms with Crippen LogP contribution in [0.1, 0.15) is 46.0 Å². The molecule has 0 saturated heterocycles. The molecule has 0 bridgehead atoms. The summed E-state index contributed by atoms with van der Waals surface area (Å²) in [6.45, 7) is 6.98. The molecule has 0 aromatic rings. The van der Waals surface area contributed by atoms with Crippen LogP contribution in [0.5, 0.6) is 0 Å². The van der Waals surface area contributed by atoms with E-state index in [9.17, 15) is 4.79 Å². The highest BCUT2D eigenvalue weighted by atomic mass is 16.5. The maximum Gasteiger partial charge on any atom is 0.322 e. The lowest BCUT2D eigenvalue weighted by Gasteiger charge is -2.31. The molecule has 124 valence electrons. The van der Waals surface area contributed by atoms with Crippen molar-refractivity contribution in [1.29, 1.82) is 0 Å². The Bertz CT molecular complexity index is 291. The molecule has 5 heteroatoms. The molecule has 1 unspecified atom stereocenters. The van der Waals surface area contributed by atoms with Crippen LogP contribution in [0.4, 0.5) is 0 Å². The molecule has 1 saturated carbocycles. The molecular formula is C16H32N2O3. The predicted octanol–water partition coefficient (Wildman–Crippen LogP) is 1.81. The minimum Gasteiger partial charge on any atom is -0.468 e. The first-order valence-electron chi connectivity index (χ1n) is 8.23. The molecule has 5 nitrogen and oxygen atoms in total. The van der Waals surface area contributed by atoms with Gasteiger partial charge in [0.05, 0.1) is 13.7 Å². The summed E-state index contributed by atoms with van der Waals surface area (Å²) in [5, 5.41) is 3.40. The lowest BCUT2D eigenvalue weighted by molar-refractivity contribution is -0.143. The van der Waals surface area contributed by atoms with E-state index in [1.165, 1.54) is 20.0 Å². The quantitative estimate of drug-likeness (QED) is 0.557. The fourth-order valence-electron chi connectivity index (χ4n) is 2.73. The minimum atomic E-state index is -0.179. The number of hydrogen-bond acceptors (Lipinski definition) is 5. The van der Waals surface area contributed by atoms with Gasteiger partial charge in [-0.05, 0) is 32.1 Å². The van der Waals surface area contributed by atoms with E-state index in [4.69, 9.17) is 9.47 Å². The van der Waals surface area contributed by atoms with E-state index in [1.54, 1.807) is 7.11 Å². The molecule has 0 aromatic heterocycles. The average Bonchev–Trinajstić information content (AvgIpc) is 3.32. The van der Waals surface area contributed by atoms with Crippen molar-refractivity contribution in [2.75, 3.05) is 33.9 Å². The highest BCUT2D eigenvalue weighted by Gasteiger charge is 2.29. The summed E-state index contributed by atoms with van der Waals surface area (Å²) in [6.07, 6.45) is 5.39. The van der Waals surface area contributed by atoms with Gasteiger partial charge in [0.25, 0.3) is 0 Å². The number of carbonyl (C=O) groups is 1. The number of rotatable bonds is 12. The van der Waals surface area contributed by atoms with E-state index < -0.39 is 0 Å². The third-order valence-electron chi connectivity index (χ3n) is 4.25. The summed E-state index contributed by atoms with van der Waals surface area (Å²) in [5.41, 5.74) is 0. The molecule has 1 aliphatic carbocycles. The highest BCUT2D eigenvalue weighted by molar-refractivity contribution is 5.75. The second-order valence-electron chi connectivity index (χ2n) is 5.80. The van der Waals surface area contributed by atoms with Crippen LogP contribution in [0.2, 0.25) is 0 Å². The van der Waals surface area contributed by atoms with Gasteiger partial charge in [-0.1, -0.05) is 13.8 Å². The van der Waals surface area contributed by atoms with E-state index in [0.717, 1.165) is 39.0 Å². The van der Waals surface area contributed by atoms with Crippen LogP contribution in [0.25, 0.3) is 0 Å². The molecule has 0 aromatic carbocycles. The molecule has 0 radical (unpaired) electrons. The van der Waals surface area contributed by atoms with Gasteiger partial charge in [-0.2, -0.15) is 0 Å². The number of nitrogens with zero attached hydrogens (tertiary/aromatic N) is 1. The molecule has 0 amide bonds. The zero-order valence-electron chi connectivity index (χ0n) is 14.1. The molecule has 1 aliphatic rings. The molecule has 1 N–H and O–H groups in total. The summed E-state index contributed by atoms with van der Waals surface area (Å²) in [7, 11) is 3.20. The first kappa shape index (κ1) is 18.4. The molecule has 0 aliphatic heterocycles. The maximum absolute atomic E-state index is 11.9. The summed E-state index contributed by atoms with van der Waals surface area (Å²) < 4.78 is 10.1. The smallest absolute Gasteiger partial charge is 0.322 e. The average molecular weight is 300 g/mol. The van der Waals surface area contributed by atoms with Crippen LogP contribution < -0.4 is 5.32 Å². The zero-order valence-corrected chi connectivity index (χ0v) is 14.1. The lowest BCUT2D eigenvalue weighted by atomic mass is 10.1. The summed E-state index contributed by atoms with van der Waals surface area (Å²) in [5.74, 6) is -0.141. The van der Waals surface area contributed by atoms with E-state index in [1.807, 2.05) is 0 Å². The largest absolute Gasteiger partial charge is 0.468 e. The van der Waals surface area contributed by atoms with Gasteiger partial charge in [-0.3, -0.25) is 9.69 Å². The monoisotopic (exact) mass is 300 g/mol. The second kappa shape index (κ2) is 10.1. The van der Waals surface area contributed by atoms with Crippen molar-refractivity contribution in [2.24, 2.45) is 0 Å². The lowest BCUT2D eigenvalue weighted by Crippen LogP contribution is -2.44. The van der Waals surface area contributed by atoms with E-state index in [2.05, 4.69) is 24.1 Å². The van der Waals surface area contributed by atoms with Crippen molar-refractivity contribution >= 4 is 5.97 Å². The Kier molecular flexibility index (Phi) is 8.88. The summed E-state index contributed by atoms with van der Waals surface area (Å²) in [4.78, 5) is 14.3. The van der Waals surface area contributed by atoms with E-state index >= 15 is 0 Å². The number of nitrogens with one attached hydrogen (secondary N) is 1. The van der Waals surface area contributed by atoms with Gasteiger partial charge < -0.3 is 14.8 Å². The molecular weight excluding hydrogens is 268 g/mol. The third-order valence-corrected chi connectivity index (χ3v) is 4.25. The van der Waals surface area contributed by atoms with Crippen molar-refractivity contribution in [3.8, 4) is 0 Å². The molecule has 0 spiro atoms. The molecule has 1 fully saturated rings. The third kappa shape index (κ3) is 6.76. The molecule has 1 atom stereocenters. The fourth-order valence-corrected chi connectivity index (χ4v) is 2.73. The van der Waals surface area contributed by atoms with Crippen LogP contribution in [-0.2, 0) is 14.3 Å². The zero-order chi connectivity index (χ0) is 15.7. The normalized spacial score (nSPS) is 16.5. The summed E-state index contributed by atoms with van der Waals surface area (Å²) >= 11 is 0. The van der Waals surface area contributed by atoms with Crippen molar-refractivity contribution in [3.63, 3.8) is 0 Å². The minimum absolute atomic E-state index is 0.141.